The fraction of sp³-hybridized carbons (Fsp3) is 0.889. The third-order valence-corrected chi connectivity index (χ3v) is 1.63. The summed E-state index contributed by atoms with van der Waals surface area (Å²) in [6, 6.07) is 0. The SMILES string of the molecule is CCCCC(=O)OCCCCOO. The van der Waals surface area contributed by atoms with E-state index in [0.29, 0.717) is 26.1 Å². The molecule has 4 nitrogen and oxygen atoms in total. The summed E-state index contributed by atoms with van der Waals surface area (Å²) >= 11 is 0. The Morgan fingerprint density at radius 2 is 1.92 bits per heavy atom. The van der Waals surface area contributed by atoms with Gasteiger partial charge in [0.1, 0.15) is 0 Å². The van der Waals surface area contributed by atoms with Crippen molar-refractivity contribution in [3.05, 3.63) is 0 Å². The first-order valence-electron chi connectivity index (χ1n) is 4.73. The highest BCUT2D eigenvalue weighted by molar-refractivity contribution is 5.69. The van der Waals surface area contributed by atoms with Gasteiger partial charge in [0.2, 0.25) is 0 Å². The van der Waals surface area contributed by atoms with Crippen LogP contribution >= 0.6 is 0 Å². The van der Waals surface area contributed by atoms with Gasteiger partial charge in [0, 0.05) is 6.42 Å². The van der Waals surface area contributed by atoms with Crippen LogP contribution in [-0.4, -0.2) is 24.4 Å². The molecule has 13 heavy (non-hydrogen) atoms. The van der Waals surface area contributed by atoms with Gasteiger partial charge in [-0.3, -0.25) is 10.1 Å². The van der Waals surface area contributed by atoms with Gasteiger partial charge < -0.3 is 4.74 Å². The van der Waals surface area contributed by atoms with E-state index in [1.54, 1.807) is 0 Å². The van der Waals surface area contributed by atoms with E-state index >= 15 is 0 Å². The minimum atomic E-state index is -0.133. The Balaban J connectivity index is 3.08. The molecule has 0 saturated heterocycles. The zero-order valence-corrected chi connectivity index (χ0v) is 8.12. The summed E-state index contributed by atoms with van der Waals surface area (Å²) in [5, 5.41) is 7.98. The molecule has 0 atom stereocenters. The molecule has 4 heteroatoms. The van der Waals surface area contributed by atoms with Crippen LogP contribution in [-0.2, 0) is 14.4 Å². The molecule has 0 saturated carbocycles. The molecule has 0 aliphatic carbocycles. The monoisotopic (exact) mass is 190 g/mol. The van der Waals surface area contributed by atoms with E-state index in [1.807, 2.05) is 6.92 Å². The van der Waals surface area contributed by atoms with E-state index in [0.717, 1.165) is 19.3 Å². The summed E-state index contributed by atoms with van der Waals surface area (Å²) in [6.07, 6.45) is 3.84. The molecule has 0 aromatic carbocycles. The lowest BCUT2D eigenvalue weighted by atomic mass is 10.2. The summed E-state index contributed by atoms with van der Waals surface area (Å²) in [5.74, 6) is -0.133. The molecule has 0 aromatic rings. The normalized spacial score (nSPS) is 10.0. The molecule has 0 radical (unpaired) electrons. The number of ether oxygens (including phenoxy) is 1. The molecule has 0 bridgehead atoms. The van der Waals surface area contributed by atoms with Crippen LogP contribution in [0.3, 0.4) is 0 Å². The summed E-state index contributed by atoms with van der Waals surface area (Å²) in [7, 11) is 0. The van der Waals surface area contributed by atoms with Crippen LogP contribution in [0.4, 0.5) is 0 Å². The minimum absolute atomic E-state index is 0.133. The van der Waals surface area contributed by atoms with Crippen molar-refractivity contribution in [3.63, 3.8) is 0 Å². The van der Waals surface area contributed by atoms with Gasteiger partial charge in [0.05, 0.1) is 13.2 Å². The Bertz CT molecular complexity index is 125. The first-order chi connectivity index (χ1) is 6.31. The van der Waals surface area contributed by atoms with E-state index in [4.69, 9.17) is 9.99 Å². The van der Waals surface area contributed by atoms with Crippen LogP contribution in [0.5, 0.6) is 0 Å². The van der Waals surface area contributed by atoms with Crippen LogP contribution in [0.25, 0.3) is 0 Å². The van der Waals surface area contributed by atoms with Crippen molar-refractivity contribution in [2.24, 2.45) is 0 Å². The lowest BCUT2D eigenvalue weighted by molar-refractivity contribution is -0.243. The topological polar surface area (TPSA) is 55.8 Å². The number of hydrogen-bond acceptors (Lipinski definition) is 4. The van der Waals surface area contributed by atoms with E-state index in [1.165, 1.54) is 0 Å². The molecule has 0 aliphatic rings. The van der Waals surface area contributed by atoms with Crippen molar-refractivity contribution < 1.29 is 19.7 Å². The molecular formula is C9H18O4. The van der Waals surface area contributed by atoms with Crippen molar-refractivity contribution in [2.75, 3.05) is 13.2 Å². The highest BCUT2D eigenvalue weighted by Gasteiger charge is 2.00. The van der Waals surface area contributed by atoms with Crippen molar-refractivity contribution >= 4 is 5.97 Å². The Labute approximate surface area is 78.8 Å². The van der Waals surface area contributed by atoms with Gasteiger partial charge in [-0.25, -0.2) is 4.89 Å². The summed E-state index contributed by atoms with van der Waals surface area (Å²) in [6.45, 7) is 2.75. The number of unbranched alkanes of at least 4 members (excludes halogenated alkanes) is 2. The zero-order chi connectivity index (χ0) is 9.94. The maximum atomic E-state index is 10.9. The molecule has 0 unspecified atom stereocenters. The van der Waals surface area contributed by atoms with Gasteiger partial charge >= 0.3 is 5.97 Å². The van der Waals surface area contributed by atoms with Gasteiger partial charge in [-0.15, -0.1) is 0 Å². The van der Waals surface area contributed by atoms with E-state index in [2.05, 4.69) is 4.89 Å². The predicted octanol–water partition coefficient (Wildman–Crippen LogP) is 1.99. The second-order valence-electron chi connectivity index (χ2n) is 2.86. The zero-order valence-electron chi connectivity index (χ0n) is 8.12. The molecule has 0 rings (SSSR count). The van der Waals surface area contributed by atoms with Gasteiger partial charge in [-0.2, -0.15) is 0 Å². The summed E-state index contributed by atoms with van der Waals surface area (Å²) < 4.78 is 4.91. The van der Waals surface area contributed by atoms with Crippen LogP contribution in [0.2, 0.25) is 0 Å². The molecule has 0 fully saturated rings. The quantitative estimate of drug-likeness (QED) is 0.275. The van der Waals surface area contributed by atoms with Crippen LogP contribution in [0, 0.1) is 0 Å². The molecule has 0 amide bonds. The van der Waals surface area contributed by atoms with Crippen molar-refractivity contribution in [1.82, 2.24) is 0 Å². The predicted molar refractivity (Wildman–Crippen MR) is 48.3 cm³/mol. The highest BCUT2D eigenvalue weighted by atomic mass is 17.1. The Morgan fingerprint density at radius 1 is 1.23 bits per heavy atom. The van der Waals surface area contributed by atoms with Crippen molar-refractivity contribution in [1.29, 1.82) is 0 Å². The molecule has 0 aliphatic heterocycles. The maximum Gasteiger partial charge on any atom is 0.305 e. The van der Waals surface area contributed by atoms with Crippen molar-refractivity contribution in [2.45, 2.75) is 39.0 Å². The summed E-state index contributed by atoms with van der Waals surface area (Å²) in [4.78, 5) is 14.8. The maximum absolute atomic E-state index is 10.9. The largest absolute Gasteiger partial charge is 0.466 e. The first kappa shape index (κ1) is 12.4. The smallest absolute Gasteiger partial charge is 0.305 e. The molecule has 0 aromatic heterocycles. The van der Waals surface area contributed by atoms with Gasteiger partial charge in [0.15, 0.2) is 0 Å². The van der Waals surface area contributed by atoms with Crippen LogP contribution in [0.15, 0.2) is 0 Å². The molecule has 1 N–H and O–H groups in total. The Morgan fingerprint density at radius 3 is 2.54 bits per heavy atom. The number of rotatable bonds is 8. The number of carbonyl (C=O) groups excluding carboxylic acids is 1. The fourth-order valence-electron chi connectivity index (χ4n) is 0.848. The average Bonchev–Trinajstić information content (AvgIpc) is 2.14. The third-order valence-electron chi connectivity index (χ3n) is 1.63. The fourth-order valence-corrected chi connectivity index (χ4v) is 0.848. The van der Waals surface area contributed by atoms with Gasteiger partial charge in [0.25, 0.3) is 0 Å². The number of carbonyl (C=O) groups is 1. The average molecular weight is 190 g/mol. The second-order valence-corrected chi connectivity index (χ2v) is 2.86. The minimum Gasteiger partial charge on any atom is -0.466 e. The van der Waals surface area contributed by atoms with E-state index in [9.17, 15) is 4.79 Å². The Kier molecular flexibility index (Phi) is 9.03. The van der Waals surface area contributed by atoms with Crippen LogP contribution < -0.4 is 0 Å². The van der Waals surface area contributed by atoms with E-state index in [-0.39, 0.29) is 5.97 Å². The lowest BCUT2D eigenvalue weighted by Gasteiger charge is -2.03. The molecule has 78 valence electrons. The number of esters is 1. The van der Waals surface area contributed by atoms with Gasteiger partial charge in [-0.05, 0) is 19.3 Å². The number of hydrogen-bond donors (Lipinski definition) is 1. The molecule has 0 spiro atoms. The second kappa shape index (κ2) is 9.48. The summed E-state index contributed by atoms with van der Waals surface area (Å²) in [5.41, 5.74) is 0. The van der Waals surface area contributed by atoms with E-state index < -0.39 is 0 Å². The molecule has 0 heterocycles. The van der Waals surface area contributed by atoms with Crippen molar-refractivity contribution in [3.8, 4) is 0 Å². The lowest BCUT2D eigenvalue weighted by Crippen LogP contribution is -2.06. The first-order valence-corrected chi connectivity index (χ1v) is 4.73. The molecular weight excluding hydrogens is 172 g/mol. The van der Waals surface area contributed by atoms with Gasteiger partial charge in [-0.1, -0.05) is 13.3 Å². The Hall–Kier alpha value is -0.610. The third kappa shape index (κ3) is 9.30. The highest BCUT2D eigenvalue weighted by Crippen LogP contribution is 1.98. The van der Waals surface area contributed by atoms with Crippen LogP contribution in [0.1, 0.15) is 39.0 Å². The standard InChI is InChI=1S/C9H18O4/c1-2-3-6-9(10)12-7-4-5-8-13-11/h11H,2-8H2,1H3.